The zero-order valence-electron chi connectivity index (χ0n) is 5.19. The van der Waals surface area contributed by atoms with E-state index < -0.39 is 0 Å². The van der Waals surface area contributed by atoms with E-state index in [4.69, 9.17) is 17.3 Å². The molecule has 0 aromatic carbocycles. The Hall–Kier alpha value is -0.280. The van der Waals surface area contributed by atoms with Gasteiger partial charge < -0.3 is 11.1 Å². The lowest BCUT2D eigenvalue weighted by molar-refractivity contribution is -0.118. The van der Waals surface area contributed by atoms with Crippen molar-refractivity contribution in [3.63, 3.8) is 0 Å². The number of nitrogens with two attached hydrogens (primary N) is 1. The molecule has 54 valence electrons. The van der Waals surface area contributed by atoms with Crippen molar-refractivity contribution in [2.24, 2.45) is 5.73 Å². The minimum Gasteiger partial charge on any atom is -0.355 e. The van der Waals surface area contributed by atoms with Crippen LogP contribution in [0.25, 0.3) is 0 Å². The molecule has 4 heteroatoms. The maximum Gasteiger partial charge on any atom is 0.234 e. The molecule has 9 heavy (non-hydrogen) atoms. The van der Waals surface area contributed by atoms with Gasteiger partial charge in [-0.25, -0.2) is 0 Å². The van der Waals surface area contributed by atoms with Gasteiger partial charge in [-0.3, -0.25) is 4.79 Å². The second-order valence-electron chi connectivity index (χ2n) is 1.63. The lowest BCUT2D eigenvalue weighted by Crippen LogP contribution is -2.26. The van der Waals surface area contributed by atoms with Gasteiger partial charge in [0.25, 0.3) is 0 Å². The predicted octanol–water partition coefficient (Wildman–Crippen LogP) is -0.310. The highest BCUT2D eigenvalue weighted by Gasteiger charge is 1.93. The number of alkyl halides is 1. The molecule has 1 amide bonds. The molecule has 0 saturated heterocycles. The molecule has 0 radical (unpaired) electrons. The lowest BCUT2D eigenvalue weighted by Gasteiger charge is -1.98. The van der Waals surface area contributed by atoms with E-state index in [1.165, 1.54) is 0 Å². The third-order valence-electron chi connectivity index (χ3n) is 0.824. The Bertz CT molecular complexity index is 87.0. The number of rotatable bonds is 4. The van der Waals surface area contributed by atoms with Crippen LogP contribution >= 0.6 is 11.6 Å². The summed E-state index contributed by atoms with van der Waals surface area (Å²) in [6.45, 7) is 1.23. The second kappa shape index (κ2) is 5.85. The van der Waals surface area contributed by atoms with Gasteiger partial charge in [0, 0.05) is 6.54 Å². The molecule has 3 nitrogen and oxygen atoms in total. The van der Waals surface area contributed by atoms with E-state index >= 15 is 0 Å². The molecule has 0 spiro atoms. The zero-order chi connectivity index (χ0) is 7.11. The quantitative estimate of drug-likeness (QED) is 0.427. The smallest absolute Gasteiger partial charge is 0.234 e. The third-order valence-corrected chi connectivity index (χ3v) is 1.07. The molecule has 0 saturated carbocycles. The Kier molecular flexibility index (Phi) is 5.67. The van der Waals surface area contributed by atoms with Crippen LogP contribution in [0.4, 0.5) is 0 Å². The van der Waals surface area contributed by atoms with Crippen LogP contribution in [0.3, 0.4) is 0 Å². The van der Waals surface area contributed by atoms with Gasteiger partial charge in [0.1, 0.15) is 5.88 Å². The van der Waals surface area contributed by atoms with E-state index in [0.29, 0.717) is 13.1 Å². The van der Waals surface area contributed by atoms with Crippen LogP contribution in [0.15, 0.2) is 0 Å². The summed E-state index contributed by atoms with van der Waals surface area (Å²) in [5.74, 6) is -0.102. The molecule has 0 aliphatic carbocycles. The number of nitrogens with one attached hydrogen (secondary N) is 1. The molecule has 0 aromatic heterocycles. The van der Waals surface area contributed by atoms with Crippen LogP contribution < -0.4 is 11.1 Å². The van der Waals surface area contributed by atoms with Gasteiger partial charge in [-0.2, -0.15) is 0 Å². The maximum absolute atomic E-state index is 10.4. The summed E-state index contributed by atoms with van der Waals surface area (Å²) in [6, 6.07) is 0. The Morgan fingerprint density at radius 2 is 2.33 bits per heavy atom. The summed E-state index contributed by atoms with van der Waals surface area (Å²) < 4.78 is 0. The number of carbonyl (C=O) groups excluding carboxylic acids is 1. The first kappa shape index (κ1) is 8.72. The Morgan fingerprint density at radius 3 is 2.78 bits per heavy atom. The molecule has 0 aliphatic rings. The molecule has 0 bridgehead atoms. The minimum absolute atomic E-state index is 0.0323. The summed E-state index contributed by atoms with van der Waals surface area (Å²) in [5, 5.41) is 2.58. The largest absolute Gasteiger partial charge is 0.355 e. The SMILES string of the molecule is NCCCNC(=O)CCl. The number of hydrogen-bond acceptors (Lipinski definition) is 2. The number of halogens is 1. The van der Waals surface area contributed by atoms with Crippen LogP contribution in [0.2, 0.25) is 0 Å². The lowest BCUT2D eigenvalue weighted by atomic mass is 10.4. The Balaban J connectivity index is 2.97. The highest BCUT2D eigenvalue weighted by molar-refractivity contribution is 6.27. The van der Waals surface area contributed by atoms with E-state index in [2.05, 4.69) is 5.32 Å². The van der Waals surface area contributed by atoms with Gasteiger partial charge in [0.2, 0.25) is 5.91 Å². The molecule has 0 heterocycles. The van der Waals surface area contributed by atoms with Crippen molar-refractivity contribution in [2.45, 2.75) is 6.42 Å². The van der Waals surface area contributed by atoms with Gasteiger partial charge in [-0.1, -0.05) is 0 Å². The standard InChI is InChI=1S/C5H11ClN2O/c6-4-5(9)8-3-1-2-7/h1-4,7H2,(H,8,9). The van der Waals surface area contributed by atoms with Crippen LogP contribution in [0.1, 0.15) is 6.42 Å². The minimum atomic E-state index is -0.134. The third kappa shape index (κ3) is 5.59. The second-order valence-corrected chi connectivity index (χ2v) is 1.89. The number of hydrogen-bond donors (Lipinski definition) is 2. The average Bonchev–Trinajstić information content (AvgIpc) is 1.89. The number of amides is 1. The first-order valence-electron chi connectivity index (χ1n) is 2.84. The average molecular weight is 151 g/mol. The van der Waals surface area contributed by atoms with Crippen molar-refractivity contribution in [2.75, 3.05) is 19.0 Å². The van der Waals surface area contributed by atoms with E-state index in [-0.39, 0.29) is 11.8 Å². The molecule has 3 N–H and O–H groups in total. The van der Waals surface area contributed by atoms with Crippen molar-refractivity contribution in [3.8, 4) is 0 Å². The summed E-state index contributed by atoms with van der Waals surface area (Å²) in [6.07, 6.45) is 0.808. The fourth-order valence-electron chi connectivity index (χ4n) is 0.377. The zero-order valence-corrected chi connectivity index (χ0v) is 5.95. The van der Waals surface area contributed by atoms with Crippen LogP contribution in [-0.4, -0.2) is 24.9 Å². The monoisotopic (exact) mass is 150 g/mol. The molecule has 0 rings (SSSR count). The predicted molar refractivity (Wildman–Crippen MR) is 37.4 cm³/mol. The molecule has 0 aromatic rings. The Morgan fingerprint density at radius 1 is 1.67 bits per heavy atom. The first-order valence-corrected chi connectivity index (χ1v) is 3.37. The van der Waals surface area contributed by atoms with Crippen molar-refractivity contribution in [1.82, 2.24) is 5.32 Å². The summed E-state index contributed by atoms with van der Waals surface area (Å²) in [5.41, 5.74) is 5.17. The first-order chi connectivity index (χ1) is 4.31. The normalized spacial score (nSPS) is 9.11. The highest BCUT2D eigenvalue weighted by Crippen LogP contribution is 1.74. The van der Waals surface area contributed by atoms with Gasteiger partial charge in [0.15, 0.2) is 0 Å². The van der Waals surface area contributed by atoms with E-state index in [0.717, 1.165) is 6.42 Å². The van der Waals surface area contributed by atoms with Gasteiger partial charge in [0.05, 0.1) is 0 Å². The summed E-state index contributed by atoms with van der Waals surface area (Å²) in [7, 11) is 0. The molecule has 0 fully saturated rings. The fraction of sp³-hybridized carbons (Fsp3) is 0.800. The summed E-state index contributed by atoms with van der Waals surface area (Å²) >= 11 is 5.19. The van der Waals surface area contributed by atoms with Crippen molar-refractivity contribution in [3.05, 3.63) is 0 Å². The van der Waals surface area contributed by atoms with Crippen molar-refractivity contribution in [1.29, 1.82) is 0 Å². The number of carbonyl (C=O) groups is 1. The Labute approximate surface area is 59.6 Å². The van der Waals surface area contributed by atoms with Crippen LogP contribution in [0, 0.1) is 0 Å². The summed E-state index contributed by atoms with van der Waals surface area (Å²) in [4.78, 5) is 10.4. The molecule has 0 unspecified atom stereocenters. The molecular weight excluding hydrogens is 140 g/mol. The van der Waals surface area contributed by atoms with Crippen molar-refractivity contribution >= 4 is 17.5 Å². The van der Waals surface area contributed by atoms with Crippen molar-refractivity contribution < 1.29 is 4.79 Å². The molecule has 0 aliphatic heterocycles. The van der Waals surface area contributed by atoms with E-state index in [1.807, 2.05) is 0 Å². The van der Waals surface area contributed by atoms with E-state index in [1.54, 1.807) is 0 Å². The highest BCUT2D eigenvalue weighted by atomic mass is 35.5. The fourth-order valence-corrected chi connectivity index (χ4v) is 0.472. The van der Waals surface area contributed by atoms with Gasteiger partial charge in [-0.15, -0.1) is 11.6 Å². The van der Waals surface area contributed by atoms with Crippen LogP contribution in [-0.2, 0) is 4.79 Å². The van der Waals surface area contributed by atoms with Gasteiger partial charge >= 0.3 is 0 Å². The molecular formula is C5H11ClN2O. The topological polar surface area (TPSA) is 55.1 Å². The van der Waals surface area contributed by atoms with Gasteiger partial charge in [-0.05, 0) is 13.0 Å². The maximum atomic E-state index is 10.4. The van der Waals surface area contributed by atoms with Crippen LogP contribution in [0.5, 0.6) is 0 Å². The van der Waals surface area contributed by atoms with E-state index in [9.17, 15) is 4.79 Å². The molecule has 0 atom stereocenters.